The molecule has 0 saturated heterocycles. The van der Waals surface area contributed by atoms with Gasteiger partial charge >= 0.3 is 0 Å². The maximum Gasteiger partial charge on any atom is 0.263 e. The van der Waals surface area contributed by atoms with E-state index in [1.807, 2.05) is 26.0 Å². The third kappa shape index (κ3) is 3.34. The molecule has 0 atom stereocenters. The van der Waals surface area contributed by atoms with E-state index in [-0.39, 0.29) is 5.56 Å². The molecule has 0 unspecified atom stereocenters. The van der Waals surface area contributed by atoms with Gasteiger partial charge in [-0.25, -0.2) is 4.98 Å². The minimum Gasteiger partial charge on any atom is -0.467 e. The SMILES string of the molecule is Cc1noc(C)c1CSc1nc2sc3c(c2c(=O)n1Cc1ccco1)CCCC3. The van der Waals surface area contributed by atoms with Crippen molar-refractivity contribution in [1.82, 2.24) is 14.7 Å². The summed E-state index contributed by atoms with van der Waals surface area (Å²) < 4.78 is 12.6. The second-order valence-electron chi connectivity index (χ2n) is 7.35. The number of fused-ring (bicyclic) bond motifs is 3. The van der Waals surface area contributed by atoms with Crippen molar-refractivity contribution in [2.45, 2.75) is 57.0 Å². The van der Waals surface area contributed by atoms with Crippen molar-refractivity contribution in [3.05, 3.63) is 62.0 Å². The molecule has 4 aromatic heterocycles. The fourth-order valence-corrected chi connectivity index (χ4v) is 6.33. The predicted molar refractivity (Wildman–Crippen MR) is 114 cm³/mol. The van der Waals surface area contributed by atoms with Gasteiger partial charge in [-0.05, 0) is 57.2 Å². The first-order valence-electron chi connectivity index (χ1n) is 9.74. The predicted octanol–water partition coefficient (Wildman–Crippen LogP) is 4.88. The van der Waals surface area contributed by atoms with E-state index in [1.165, 1.54) is 16.9 Å². The van der Waals surface area contributed by atoms with Gasteiger partial charge in [0.2, 0.25) is 0 Å². The van der Waals surface area contributed by atoms with E-state index in [0.717, 1.165) is 52.3 Å². The Morgan fingerprint density at radius 3 is 2.90 bits per heavy atom. The normalized spacial score (nSPS) is 13.9. The van der Waals surface area contributed by atoms with Crippen molar-refractivity contribution < 1.29 is 8.94 Å². The van der Waals surface area contributed by atoms with Crippen LogP contribution < -0.4 is 5.56 Å². The van der Waals surface area contributed by atoms with Gasteiger partial charge in [-0.3, -0.25) is 9.36 Å². The van der Waals surface area contributed by atoms with E-state index in [0.29, 0.717) is 17.5 Å². The molecule has 0 amide bonds. The van der Waals surface area contributed by atoms with Crippen molar-refractivity contribution in [3.8, 4) is 0 Å². The van der Waals surface area contributed by atoms with Gasteiger partial charge in [0.25, 0.3) is 5.56 Å². The lowest BCUT2D eigenvalue weighted by molar-refractivity contribution is 0.392. The number of nitrogens with zero attached hydrogens (tertiary/aromatic N) is 3. The second-order valence-corrected chi connectivity index (χ2v) is 9.37. The van der Waals surface area contributed by atoms with Crippen LogP contribution in [0.3, 0.4) is 0 Å². The van der Waals surface area contributed by atoms with E-state index in [4.69, 9.17) is 13.9 Å². The molecule has 0 bridgehead atoms. The van der Waals surface area contributed by atoms with Gasteiger partial charge in [-0.1, -0.05) is 16.9 Å². The Bertz CT molecular complexity index is 1220. The van der Waals surface area contributed by atoms with Gasteiger partial charge in [0.1, 0.15) is 16.4 Å². The first-order chi connectivity index (χ1) is 14.1. The second kappa shape index (κ2) is 7.50. The Labute approximate surface area is 175 Å². The number of thioether (sulfide) groups is 1. The molecule has 0 aliphatic heterocycles. The van der Waals surface area contributed by atoms with Crippen LogP contribution in [0.4, 0.5) is 0 Å². The summed E-state index contributed by atoms with van der Waals surface area (Å²) in [5, 5.41) is 5.54. The van der Waals surface area contributed by atoms with Gasteiger partial charge in [0, 0.05) is 16.2 Å². The van der Waals surface area contributed by atoms with Crippen LogP contribution in [0.1, 0.15) is 46.1 Å². The molecule has 1 aliphatic carbocycles. The van der Waals surface area contributed by atoms with E-state index in [2.05, 4.69) is 5.16 Å². The molecule has 150 valence electrons. The van der Waals surface area contributed by atoms with E-state index in [1.54, 1.807) is 33.9 Å². The maximum absolute atomic E-state index is 13.5. The maximum atomic E-state index is 13.5. The highest BCUT2D eigenvalue weighted by atomic mass is 32.2. The van der Waals surface area contributed by atoms with Gasteiger partial charge < -0.3 is 8.94 Å². The van der Waals surface area contributed by atoms with Crippen LogP contribution in [0.15, 0.2) is 37.3 Å². The topological polar surface area (TPSA) is 74.1 Å². The van der Waals surface area contributed by atoms with Crippen molar-refractivity contribution in [2.75, 3.05) is 0 Å². The number of hydrogen-bond acceptors (Lipinski definition) is 7. The summed E-state index contributed by atoms with van der Waals surface area (Å²) in [6.45, 7) is 4.23. The number of aromatic nitrogens is 3. The zero-order valence-electron chi connectivity index (χ0n) is 16.4. The summed E-state index contributed by atoms with van der Waals surface area (Å²) in [5.74, 6) is 2.21. The van der Waals surface area contributed by atoms with Crippen LogP contribution in [-0.4, -0.2) is 14.7 Å². The molecule has 0 N–H and O–H groups in total. The minimum atomic E-state index is 0.0343. The lowest BCUT2D eigenvalue weighted by Crippen LogP contribution is -2.24. The summed E-state index contributed by atoms with van der Waals surface area (Å²) >= 11 is 3.23. The van der Waals surface area contributed by atoms with Crippen LogP contribution >= 0.6 is 23.1 Å². The summed E-state index contributed by atoms with van der Waals surface area (Å²) in [6.07, 6.45) is 5.98. The number of aryl methyl sites for hydroxylation is 4. The fraction of sp³-hybridized carbons (Fsp3) is 0.381. The monoisotopic (exact) mass is 427 g/mol. The smallest absolute Gasteiger partial charge is 0.263 e. The van der Waals surface area contributed by atoms with E-state index < -0.39 is 0 Å². The van der Waals surface area contributed by atoms with Crippen LogP contribution in [0.2, 0.25) is 0 Å². The molecule has 6 nitrogen and oxygen atoms in total. The lowest BCUT2D eigenvalue weighted by Gasteiger charge is -2.12. The van der Waals surface area contributed by atoms with Crippen molar-refractivity contribution >= 4 is 33.3 Å². The highest BCUT2D eigenvalue weighted by Crippen LogP contribution is 2.35. The Hall–Kier alpha value is -2.32. The summed E-state index contributed by atoms with van der Waals surface area (Å²) in [7, 11) is 0. The molecular weight excluding hydrogens is 406 g/mol. The number of hydrogen-bond donors (Lipinski definition) is 0. The molecule has 0 spiro atoms. The molecule has 1 aliphatic rings. The average molecular weight is 428 g/mol. The lowest BCUT2D eigenvalue weighted by atomic mass is 9.97. The molecule has 5 rings (SSSR count). The highest BCUT2D eigenvalue weighted by molar-refractivity contribution is 7.98. The van der Waals surface area contributed by atoms with Crippen LogP contribution in [0.25, 0.3) is 10.2 Å². The molecule has 8 heteroatoms. The fourth-order valence-electron chi connectivity index (χ4n) is 3.87. The quantitative estimate of drug-likeness (QED) is 0.334. The number of thiophene rings is 1. The summed E-state index contributed by atoms with van der Waals surface area (Å²) in [5.41, 5.74) is 3.18. The van der Waals surface area contributed by atoms with Crippen LogP contribution in [0, 0.1) is 13.8 Å². The zero-order valence-corrected chi connectivity index (χ0v) is 18.0. The average Bonchev–Trinajstić information content (AvgIpc) is 3.42. The van der Waals surface area contributed by atoms with Crippen molar-refractivity contribution in [3.63, 3.8) is 0 Å². The van der Waals surface area contributed by atoms with E-state index >= 15 is 0 Å². The first-order valence-corrected chi connectivity index (χ1v) is 11.5. The molecule has 29 heavy (non-hydrogen) atoms. The molecular formula is C21H21N3O3S2. The molecule has 4 heterocycles. The van der Waals surface area contributed by atoms with Crippen LogP contribution in [-0.2, 0) is 25.1 Å². The van der Waals surface area contributed by atoms with Crippen LogP contribution in [0.5, 0.6) is 0 Å². The molecule has 0 aromatic carbocycles. The molecule has 0 radical (unpaired) electrons. The Morgan fingerprint density at radius 1 is 1.28 bits per heavy atom. The third-order valence-electron chi connectivity index (χ3n) is 5.46. The third-order valence-corrected chi connectivity index (χ3v) is 7.65. The molecule has 0 fully saturated rings. The molecule has 0 saturated carbocycles. The summed E-state index contributed by atoms with van der Waals surface area (Å²) in [4.78, 5) is 20.7. The number of rotatable bonds is 5. The van der Waals surface area contributed by atoms with Gasteiger partial charge in [0.05, 0.1) is 23.9 Å². The summed E-state index contributed by atoms with van der Waals surface area (Å²) in [6, 6.07) is 3.73. The van der Waals surface area contributed by atoms with Crippen molar-refractivity contribution in [2.24, 2.45) is 0 Å². The highest BCUT2D eigenvalue weighted by Gasteiger charge is 2.23. The van der Waals surface area contributed by atoms with Gasteiger partial charge in [-0.15, -0.1) is 11.3 Å². The molecule has 4 aromatic rings. The van der Waals surface area contributed by atoms with Gasteiger partial charge in [-0.2, -0.15) is 0 Å². The largest absolute Gasteiger partial charge is 0.467 e. The minimum absolute atomic E-state index is 0.0343. The Kier molecular flexibility index (Phi) is 4.83. The number of furan rings is 1. The zero-order chi connectivity index (χ0) is 20.0. The van der Waals surface area contributed by atoms with Crippen molar-refractivity contribution in [1.29, 1.82) is 0 Å². The first kappa shape index (κ1) is 18.7. The Balaban J connectivity index is 1.61. The van der Waals surface area contributed by atoms with Gasteiger partial charge in [0.15, 0.2) is 5.16 Å². The Morgan fingerprint density at radius 2 is 2.14 bits per heavy atom. The van der Waals surface area contributed by atoms with E-state index in [9.17, 15) is 4.79 Å². The standard InChI is InChI=1S/C21H21N3O3S2/c1-12-16(13(2)27-23-12)11-28-21-22-19-18(15-7-3-4-8-17(15)29-19)20(25)24(21)10-14-6-5-9-26-14/h5-6,9H,3-4,7-8,10-11H2,1-2H3.